The molecule has 2 rings (SSSR count). The molecule has 1 aromatic carbocycles. The first-order valence-electron chi connectivity index (χ1n) is 6.82. The van der Waals surface area contributed by atoms with Gasteiger partial charge in [-0.2, -0.15) is 0 Å². The second-order valence-electron chi connectivity index (χ2n) is 5.12. The average Bonchev–Trinajstić information content (AvgIpc) is 2.48. The van der Waals surface area contributed by atoms with E-state index in [4.69, 9.17) is 4.74 Å². The summed E-state index contributed by atoms with van der Waals surface area (Å²) in [4.78, 5) is 22.5. The Morgan fingerprint density at radius 1 is 1.38 bits per heavy atom. The van der Waals surface area contributed by atoms with Crippen LogP contribution >= 0.6 is 0 Å². The van der Waals surface area contributed by atoms with Crippen LogP contribution in [0, 0.1) is 10.1 Å². The van der Waals surface area contributed by atoms with Crippen molar-refractivity contribution < 1.29 is 19.6 Å². The van der Waals surface area contributed by atoms with Gasteiger partial charge in [-0.25, -0.2) is 0 Å². The van der Waals surface area contributed by atoms with Crippen LogP contribution < -0.4 is 10.1 Å². The van der Waals surface area contributed by atoms with Gasteiger partial charge in [0.25, 0.3) is 5.91 Å². The lowest BCUT2D eigenvalue weighted by Crippen LogP contribution is -2.38. The van der Waals surface area contributed by atoms with Crippen LogP contribution in [0.25, 0.3) is 0 Å². The SMILES string of the molecule is COc1ccc(C(=O)NC2CCC(O)CC2)cc1[N+](=O)[O-]. The van der Waals surface area contributed by atoms with Gasteiger partial charge in [0, 0.05) is 17.7 Å². The van der Waals surface area contributed by atoms with Crippen molar-refractivity contribution >= 4 is 11.6 Å². The molecular formula is C14H18N2O5. The largest absolute Gasteiger partial charge is 0.490 e. The predicted molar refractivity (Wildman–Crippen MR) is 75.4 cm³/mol. The highest BCUT2D eigenvalue weighted by molar-refractivity contribution is 5.95. The summed E-state index contributed by atoms with van der Waals surface area (Å²) in [5.74, 6) is -0.223. The number of nitro benzene ring substituents is 1. The number of amides is 1. The standard InChI is InChI=1S/C14H18N2O5/c1-21-13-7-2-9(8-12(13)16(19)20)14(18)15-10-3-5-11(17)6-4-10/h2,7-8,10-11,17H,3-6H2,1H3,(H,15,18). The number of hydrogen-bond donors (Lipinski definition) is 2. The van der Waals surface area contributed by atoms with Crippen LogP contribution in [0.15, 0.2) is 18.2 Å². The molecule has 0 heterocycles. The normalized spacial score (nSPS) is 21.6. The van der Waals surface area contributed by atoms with Gasteiger partial charge >= 0.3 is 5.69 Å². The predicted octanol–water partition coefficient (Wildman–Crippen LogP) is 1.64. The fourth-order valence-electron chi connectivity index (χ4n) is 2.46. The van der Waals surface area contributed by atoms with E-state index in [-0.39, 0.29) is 35.1 Å². The summed E-state index contributed by atoms with van der Waals surface area (Å²) in [5.41, 5.74) is -0.00200. The van der Waals surface area contributed by atoms with Crippen LogP contribution in [0.2, 0.25) is 0 Å². The fourth-order valence-corrected chi connectivity index (χ4v) is 2.46. The number of nitrogens with one attached hydrogen (secondary N) is 1. The van der Waals surface area contributed by atoms with E-state index in [2.05, 4.69) is 5.32 Å². The molecule has 1 amide bonds. The number of carbonyl (C=O) groups excluding carboxylic acids is 1. The molecule has 1 aromatic rings. The number of ether oxygens (including phenoxy) is 1. The number of methoxy groups -OCH3 is 1. The van der Waals surface area contributed by atoms with Crippen LogP contribution in [-0.2, 0) is 0 Å². The lowest BCUT2D eigenvalue weighted by molar-refractivity contribution is -0.385. The van der Waals surface area contributed by atoms with E-state index in [0.29, 0.717) is 25.7 Å². The maximum absolute atomic E-state index is 12.1. The van der Waals surface area contributed by atoms with E-state index >= 15 is 0 Å². The zero-order valence-corrected chi connectivity index (χ0v) is 11.7. The molecule has 0 saturated heterocycles. The minimum absolute atomic E-state index is 0.00191. The van der Waals surface area contributed by atoms with Gasteiger partial charge in [-0.05, 0) is 37.8 Å². The zero-order valence-electron chi connectivity index (χ0n) is 11.7. The molecule has 0 spiro atoms. The van der Waals surface area contributed by atoms with Gasteiger partial charge < -0.3 is 15.2 Å². The summed E-state index contributed by atoms with van der Waals surface area (Å²) in [5, 5.41) is 23.2. The van der Waals surface area contributed by atoms with Gasteiger partial charge in [0.1, 0.15) is 0 Å². The summed E-state index contributed by atoms with van der Waals surface area (Å²) in [6.45, 7) is 0. The molecule has 21 heavy (non-hydrogen) atoms. The topological polar surface area (TPSA) is 102 Å². The van der Waals surface area contributed by atoms with Crippen molar-refractivity contribution in [3.8, 4) is 5.75 Å². The molecule has 0 aliphatic heterocycles. The van der Waals surface area contributed by atoms with Crippen molar-refractivity contribution in [3.05, 3.63) is 33.9 Å². The van der Waals surface area contributed by atoms with Gasteiger partial charge in [-0.1, -0.05) is 0 Å². The monoisotopic (exact) mass is 294 g/mol. The zero-order chi connectivity index (χ0) is 15.4. The highest BCUT2D eigenvalue weighted by Gasteiger charge is 2.23. The third kappa shape index (κ3) is 3.69. The van der Waals surface area contributed by atoms with Gasteiger partial charge in [0.05, 0.1) is 18.1 Å². The minimum Gasteiger partial charge on any atom is -0.490 e. The third-order valence-electron chi connectivity index (χ3n) is 3.67. The molecule has 1 aliphatic rings. The molecule has 0 atom stereocenters. The van der Waals surface area contributed by atoms with Crippen molar-refractivity contribution in [2.24, 2.45) is 0 Å². The lowest BCUT2D eigenvalue weighted by Gasteiger charge is -2.26. The Kier molecular flexibility index (Phi) is 4.74. The molecule has 1 saturated carbocycles. The first-order chi connectivity index (χ1) is 10.0. The van der Waals surface area contributed by atoms with E-state index < -0.39 is 4.92 Å². The first-order valence-corrected chi connectivity index (χ1v) is 6.82. The highest BCUT2D eigenvalue weighted by Crippen LogP contribution is 2.27. The second kappa shape index (κ2) is 6.53. The molecule has 0 unspecified atom stereocenters. The van der Waals surface area contributed by atoms with Crippen molar-refractivity contribution in [2.45, 2.75) is 37.8 Å². The van der Waals surface area contributed by atoms with Crippen molar-refractivity contribution in [1.29, 1.82) is 0 Å². The molecule has 0 bridgehead atoms. The summed E-state index contributed by atoms with van der Waals surface area (Å²) in [7, 11) is 1.34. The maximum atomic E-state index is 12.1. The molecule has 2 N–H and O–H groups in total. The number of nitrogens with zero attached hydrogens (tertiary/aromatic N) is 1. The number of aliphatic hydroxyl groups excluding tert-OH is 1. The Morgan fingerprint density at radius 3 is 2.62 bits per heavy atom. The van der Waals surface area contributed by atoms with Crippen LogP contribution in [0.5, 0.6) is 5.75 Å². The van der Waals surface area contributed by atoms with Crippen molar-refractivity contribution in [3.63, 3.8) is 0 Å². The number of benzene rings is 1. The Hall–Kier alpha value is -2.15. The smallest absolute Gasteiger partial charge is 0.311 e. The number of rotatable bonds is 4. The fraction of sp³-hybridized carbons (Fsp3) is 0.500. The van der Waals surface area contributed by atoms with Gasteiger partial charge in [0.15, 0.2) is 5.75 Å². The minimum atomic E-state index is -0.577. The van der Waals surface area contributed by atoms with E-state index in [1.807, 2.05) is 0 Å². The number of hydrogen-bond acceptors (Lipinski definition) is 5. The first kappa shape index (κ1) is 15.2. The Labute approximate surface area is 122 Å². The van der Waals surface area contributed by atoms with Crippen LogP contribution in [0.1, 0.15) is 36.0 Å². The molecule has 0 radical (unpaired) electrons. The summed E-state index contributed by atoms with van der Waals surface area (Å²) >= 11 is 0. The van der Waals surface area contributed by atoms with Crippen molar-refractivity contribution in [1.82, 2.24) is 5.32 Å². The van der Waals surface area contributed by atoms with Gasteiger partial charge in [-0.3, -0.25) is 14.9 Å². The summed E-state index contributed by atoms with van der Waals surface area (Å²) in [6.07, 6.45) is 2.46. The molecule has 1 fully saturated rings. The summed E-state index contributed by atoms with van der Waals surface area (Å²) in [6, 6.07) is 4.13. The summed E-state index contributed by atoms with van der Waals surface area (Å²) < 4.78 is 4.90. The van der Waals surface area contributed by atoms with Gasteiger partial charge in [-0.15, -0.1) is 0 Å². The Balaban J connectivity index is 2.09. The number of aliphatic hydroxyl groups is 1. The molecule has 7 heteroatoms. The molecular weight excluding hydrogens is 276 g/mol. The van der Waals surface area contributed by atoms with E-state index in [1.165, 1.54) is 25.3 Å². The maximum Gasteiger partial charge on any atom is 0.311 e. The van der Waals surface area contributed by atoms with Crippen LogP contribution in [0.3, 0.4) is 0 Å². The van der Waals surface area contributed by atoms with Gasteiger partial charge in [0.2, 0.25) is 0 Å². The Morgan fingerprint density at radius 2 is 2.05 bits per heavy atom. The lowest BCUT2D eigenvalue weighted by atomic mass is 9.93. The second-order valence-corrected chi connectivity index (χ2v) is 5.12. The highest BCUT2D eigenvalue weighted by atomic mass is 16.6. The molecule has 1 aliphatic carbocycles. The molecule has 114 valence electrons. The Bertz CT molecular complexity index is 538. The molecule has 0 aromatic heterocycles. The third-order valence-corrected chi connectivity index (χ3v) is 3.67. The van der Waals surface area contributed by atoms with Crippen LogP contribution in [-0.4, -0.2) is 35.2 Å². The molecule has 7 nitrogen and oxygen atoms in total. The average molecular weight is 294 g/mol. The quantitative estimate of drug-likeness (QED) is 0.649. The van der Waals surface area contributed by atoms with Crippen molar-refractivity contribution in [2.75, 3.05) is 7.11 Å². The van der Waals surface area contributed by atoms with Crippen LogP contribution in [0.4, 0.5) is 5.69 Å². The number of carbonyl (C=O) groups is 1. The van der Waals surface area contributed by atoms with E-state index in [1.54, 1.807) is 0 Å². The van der Waals surface area contributed by atoms with E-state index in [9.17, 15) is 20.0 Å². The number of nitro groups is 1. The van der Waals surface area contributed by atoms with E-state index in [0.717, 1.165) is 0 Å².